The van der Waals surface area contributed by atoms with Gasteiger partial charge in [-0.1, -0.05) is 26.0 Å². The van der Waals surface area contributed by atoms with Gasteiger partial charge in [-0.2, -0.15) is 0 Å². The molecular weight excluding hydrogens is 302 g/mol. The van der Waals surface area contributed by atoms with Crippen LogP contribution in [0.25, 0.3) is 0 Å². The summed E-state index contributed by atoms with van der Waals surface area (Å²) < 4.78 is 1.90. The molecule has 1 N–H and O–H groups in total. The standard InChI is InChI=1S/C18H29N5O/c1-17(2)8-14-9-18(3,11-17)12-22(14)16(24)15-10-23(21-20-15)13-4-6-19-7-5-13/h10,13-14,19H,4-9,11-12H2,1-3H3. The number of likely N-dealkylation sites (tertiary alicyclic amines) is 1. The number of hydrogen-bond acceptors (Lipinski definition) is 4. The Kier molecular flexibility index (Phi) is 3.71. The zero-order valence-corrected chi connectivity index (χ0v) is 15.1. The van der Waals surface area contributed by atoms with Crippen molar-refractivity contribution in [3.05, 3.63) is 11.9 Å². The summed E-state index contributed by atoms with van der Waals surface area (Å²) in [6, 6.07) is 0.727. The van der Waals surface area contributed by atoms with E-state index >= 15 is 0 Å². The Labute approximate surface area is 144 Å². The third-order valence-corrected chi connectivity index (χ3v) is 6.09. The van der Waals surface area contributed by atoms with Crippen molar-refractivity contribution in [2.75, 3.05) is 19.6 Å². The Balaban J connectivity index is 1.51. The molecule has 2 saturated heterocycles. The van der Waals surface area contributed by atoms with Crippen LogP contribution < -0.4 is 5.32 Å². The van der Waals surface area contributed by atoms with Gasteiger partial charge in [0, 0.05) is 12.6 Å². The minimum Gasteiger partial charge on any atom is -0.334 e. The summed E-state index contributed by atoms with van der Waals surface area (Å²) in [5.41, 5.74) is 1.09. The van der Waals surface area contributed by atoms with Crippen molar-refractivity contribution >= 4 is 5.91 Å². The normalized spacial score (nSPS) is 33.0. The van der Waals surface area contributed by atoms with Crippen LogP contribution in [0, 0.1) is 10.8 Å². The number of nitrogens with one attached hydrogen (secondary N) is 1. The highest BCUT2D eigenvalue weighted by Crippen LogP contribution is 2.52. The van der Waals surface area contributed by atoms with Gasteiger partial charge in [-0.25, -0.2) is 4.68 Å². The molecule has 6 nitrogen and oxygen atoms in total. The van der Waals surface area contributed by atoms with E-state index in [-0.39, 0.29) is 11.3 Å². The lowest BCUT2D eigenvalue weighted by Crippen LogP contribution is -2.37. The SMILES string of the molecule is CC1(C)CC2CC(C)(CN2C(=O)c2cn(C3CCNCC3)nn2)C1. The molecule has 1 aliphatic carbocycles. The predicted molar refractivity (Wildman–Crippen MR) is 91.7 cm³/mol. The van der Waals surface area contributed by atoms with Gasteiger partial charge in [-0.15, -0.1) is 5.10 Å². The zero-order chi connectivity index (χ0) is 16.9. The van der Waals surface area contributed by atoms with Crippen LogP contribution in [0.4, 0.5) is 0 Å². The van der Waals surface area contributed by atoms with E-state index in [0.29, 0.717) is 23.2 Å². The molecule has 3 aliphatic rings. The molecule has 3 heterocycles. The molecule has 1 aromatic rings. The van der Waals surface area contributed by atoms with Crippen LogP contribution in [0.2, 0.25) is 0 Å². The summed E-state index contributed by atoms with van der Waals surface area (Å²) in [6.45, 7) is 9.88. The van der Waals surface area contributed by atoms with Crippen molar-refractivity contribution in [3.63, 3.8) is 0 Å². The van der Waals surface area contributed by atoms with Gasteiger partial charge in [-0.3, -0.25) is 4.79 Å². The highest BCUT2D eigenvalue weighted by molar-refractivity contribution is 5.92. The highest BCUT2D eigenvalue weighted by atomic mass is 16.2. The van der Waals surface area contributed by atoms with Crippen molar-refractivity contribution in [2.45, 2.75) is 65.0 Å². The summed E-state index contributed by atoms with van der Waals surface area (Å²) in [6.07, 6.45) is 7.39. The number of hydrogen-bond donors (Lipinski definition) is 1. The lowest BCUT2D eigenvalue weighted by molar-refractivity contribution is 0.0702. The predicted octanol–water partition coefficient (Wildman–Crippen LogP) is 2.24. The van der Waals surface area contributed by atoms with Crippen LogP contribution in [0.1, 0.15) is 69.4 Å². The number of carbonyl (C=O) groups is 1. The number of fused-ring (bicyclic) bond motifs is 2. The molecule has 1 saturated carbocycles. The molecule has 1 aromatic heterocycles. The van der Waals surface area contributed by atoms with Crippen molar-refractivity contribution in [3.8, 4) is 0 Å². The van der Waals surface area contributed by atoms with E-state index in [2.05, 4.69) is 41.3 Å². The molecule has 132 valence electrons. The van der Waals surface area contributed by atoms with Crippen molar-refractivity contribution in [2.24, 2.45) is 10.8 Å². The second-order valence-corrected chi connectivity index (χ2v) is 9.21. The minimum absolute atomic E-state index is 0.0709. The molecule has 24 heavy (non-hydrogen) atoms. The molecule has 1 amide bonds. The minimum atomic E-state index is 0.0709. The summed E-state index contributed by atoms with van der Waals surface area (Å²) in [5.74, 6) is 0.0709. The van der Waals surface area contributed by atoms with Crippen molar-refractivity contribution in [1.82, 2.24) is 25.2 Å². The van der Waals surface area contributed by atoms with Crippen LogP contribution in [-0.2, 0) is 0 Å². The van der Waals surface area contributed by atoms with E-state index in [1.165, 1.54) is 6.42 Å². The van der Waals surface area contributed by atoms with Gasteiger partial charge in [-0.05, 0) is 56.0 Å². The summed E-state index contributed by atoms with van der Waals surface area (Å²) >= 11 is 0. The Morgan fingerprint density at radius 1 is 1.21 bits per heavy atom. The average molecular weight is 331 g/mol. The molecule has 0 aromatic carbocycles. The van der Waals surface area contributed by atoms with E-state index in [0.717, 1.165) is 45.3 Å². The van der Waals surface area contributed by atoms with Crippen LogP contribution >= 0.6 is 0 Å². The van der Waals surface area contributed by atoms with Crippen molar-refractivity contribution < 1.29 is 4.79 Å². The fourth-order valence-electron chi connectivity index (χ4n) is 5.47. The lowest BCUT2D eigenvalue weighted by atomic mass is 9.65. The van der Waals surface area contributed by atoms with E-state index in [1.807, 2.05) is 10.9 Å². The third kappa shape index (κ3) is 2.85. The number of amides is 1. The molecule has 2 bridgehead atoms. The van der Waals surface area contributed by atoms with E-state index < -0.39 is 0 Å². The van der Waals surface area contributed by atoms with Gasteiger partial charge < -0.3 is 10.2 Å². The summed E-state index contributed by atoms with van der Waals surface area (Å²) in [5, 5.41) is 11.8. The first-order valence-electron chi connectivity index (χ1n) is 9.29. The Morgan fingerprint density at radius 2 is 1.96 bits per heavy atom. The fraction of sp³-hybridized carbons (Fsp3) is 0.833. The molecule has 4 rings (SSSR count). The molecule has 2 atom stereocenters. The first-order valence-corrected chi connectivity index (χ1v) is 9.29. The van der Waals surface area contributed by atoms with Gasteiger partial charge in [0.2, 0.25) is 0 Å². The van der Waals surface area contributed by atoms with Crippen LogP contribution in [0.15, 0.2) is 6.20 Å². The van der Waals surface area contributed by atoms with Gasteiger partial charge in [0.15, 0.2) is 5.69 Å². The van der Waals surface area contributed by atoms with Crippen molar-refractivity contribution in [1.29, 1.82) is 0 Å². The molecule has 0 spiro atoms. The van der Waals surface area contributed by atoms with Gasteiger partial charge in [0.1, 0.15) is 0 Å². The quantitative estimate of drug-likeness (QED) is 0.903. The first-order chi connectivity index (χ1) is 11.4. The molecule has 3 fully saturated rings. The maximum absolute atomic E-state index is 13.0. The fourth-order valence-corrected chi connectivity index (χ4v) is 5.47. The molecule has 6 heteroatoms. The average Bonchev–Trinajstić information content (AvgIpc) is 3.09. The first kappa shape index (κ1) is 16.1. The van der Waals surface area contributed by atoms with E-state index in [9.17, 15) is 4.79 Å². The summed E-state index contributed by atoms with van der Waals surface area (Å²) in [7, 11) is 0. The number of rotatable bonds is 2. The Morgan fingerprint density at radius 3 is 2.71 bits per heavy atom. The van der Waals surface area contributed by atoms with E-state index in [4.69, 9.17) is 0 Å². The van der Waals surface area contributed by atoms with Crippen LogP contribution in [0.5, 0.6) is 0 Å². The highest BCUT2D eigenvalue weighted by Gasteiger charge is 2.51. The maximum Gasteiger partial charge on any atom is 0.276 e. The second-order valence-electron chi connectivity index (χ2n) is 9.21. The maximum atomic E-state index is 13.0. The number of nitrogens with zero attached hydrogens (tertiary/aromatic N) is 4. The van der Waals surface area contributed by atoms with Gasteiger partial charge >= 0.3 is 0 Å². The summed E-state index contributed by atoms with van der Waals surface area (Å²) in [4.78, 5) is 15.1. The number of piperidine rings is 1. The third-order valence-electron chi connectivity index (χ3n) is 6.09. The zero-order valence-electron chi connectivity index (χ0n) is 15.1. The Bertz CT molecular complexity index is 633. The van der Waals surface area contributed by atoms with Crippen LogP contribution in [0.3, 0.4) is 0 Å². The molecular formula is C18H29N5O. The number of aromatic nitrogens is 3. The molecule has 2 aliphatic heterocycles. The van der Waals surface area contributed by atoms with Crippen LogP contribution in [-0.4, -0.2) is 51.5 Å². The lowest BCUT2D eigenvalue weighted by Gasteiger charge is -2.39. The van der Waals surface area contributed by atoms with E-state index in [1.54, 1.807) is 0 Å². The number of carbonyl (C=O) groups excluding carboxylic acids is 1. The topological polar surface area (TPSA) is 63.1 Å². The smallest absolute Gasteiger partial charge is 0.276 e. The van der Waals surface area contributed by atoms with Gasteiger partial charge in [0.25, 0.3) is 5.91 Å². The second kappa shape index (κ2) is 5.55. The molecule has 2 unspecified atom stereocenters. The molecule has 0 radical (unpaired) electrons. The van der Waals surface area contributed by atoms with Gasteiger partial charge in [0.05, 0.1) is 12.2 Å². The Hall–Kier alpha value is -1.43. The monoisotopic (exact) mass is 331 g/mol. The largest absolute Gasteiger partial charge is 0.334 e.